The van der Waals surface area contributed by atoms with Crippen molar-refractivity contribution in [3.63, 3.8) is 0 Å². The lowest BCUT2D eigenvalue weighted by molar-refractivity contribution is 0.0846. The number of hydrogen-bond acceptors (Lipinski definition) is 4. The van der Waals surface area contributed by atoms with Gasteiger partial charge in [-0.25, -0.2) is 8.42 Å². The molecule has 0 aromatic heterocycles. The second-order valence-electron chi connectivity index (χ2n) is 7.60. The highest BCUT2D eigenvalue weighted by Gasteiger charge is 2.17. The summed E-state index contributed by atoms with van der Waals surface area (Å²) >= 11 is 0. The Morgan fingerprint density at radius 1 is 0.750 bits per heavy atom. The minimum absolute atomic E-state index is 0.0225. The molecule has 0 fully saturated rings. The maximum atomic E-state index is 12.7. The second-order valence-corrected chi connectivity index (χ2v) is 9.29. The van der Waals surface area contributed by atoms with Crippen molar-refractivity contribution in [3.8, 4) is 0 Å². The van der Waals surface area contributed by atoms with E-state index in [1.165, 1.54) is 24.3 Å². The zero-order valence-corrected chi connectivity index (χ0v) is 19.1. The van der Waals surface area contributed by atoms with Crippen LogP contribution in [0.15, 0.2) is 65.6 Å². The Bertz CT molecular complexity index is 1280. The van der Waals surface area contributed by atoms with Crippen molar-refractivity contribution in [3.05, 3.63) is 94.0 Å². The van der Waals surface area contributed by atoms with Crippen molar-refractivity contribution in [2.75, 3.05) is 4.72 Å². The molecule has 0 saturated carbocycles. The van der Waals surface area contributed by atoms with E-state index in [0.717, 1.165) is 22.3 Å². The van der Waals surface area contributed by atoms with E-state index >= 15 is 0 Å². The van der Waals surface area contributed by atoms with Crippen molar-refractivity contribution in [1.29, 1.82) is 0 Å². The first kappa shape index (κ1) is 23.0. The number of benzene rings is 3. The molecule has 0 atom stereocenters. The first-order valence-electron chi connectivity index (χ1n) is 9.95. The molecule has 3 N–H and O–H groups in total. The van der Waals surface area contributed by atoms with Gasteiger partial charge in [-0.2, -0.15) is 0 Å². The summed E-state index contributed by atoms with van der Waals surface area (Å²) in [6, 6.07) is 16.2. The molecule has 0 spiro atoms. The van der Waals surface area contributed by atoms with E-state index in [1.54, 1.807) is 18.2 Å². The van der Waals surface area contributed by atoms with Crippen molar-refractivity contribution in [2.24, 2.45) is 0 Å². The molecule has 0 radical (unpaired) electrons. The molecular formula is C24H25N3O4S. The Hall–Kier alpha value is -3.65. The Kier molecular flexibility index (Phi) is 6.64. The summed E-state index contributed by atoms with van der Waals surface area (Å²) in [6.07, 6.45) is 0. The van der Waals surface area contributed by atoms with E-state index in [2.05, 4.69) is 15.6 Å². The van der Waals surface area contributed by atoms with Gasteiger partial charge in [-0.1, -0.05) is 29.8 Å². The molecule has 3 rings (SSSR count). The number of carbonyl (C=O) groups excluding carboxylic acids is 2. The fourth-order valence-corrected chi connectivity index (χ4v) is 4.30. The van der Waals surface area contributed by atoms with E-state index in [9.17, 15) is 18.0 Å². The molecule has 0 aliphatic heterocycles. The van der Waals surface area contributed by atoms with Gasteiger partial charge in [-0.05, 0) is 80.8 Å². The Morgan fingerprint density at radius 3 is 2.06 bits per heavy atom. The number of rotatable bonds is 5. The molecule has 3 aromatic carbocycles. The maximum absolute atomic E-state index is 12.7. The van der Waals surface area contributed by atoms with Gasteiger partial charge in [0, 0.05) is 11.1 Å². The van der Waals surface area contributed by atoms with Gasteiger partial charge in [0.05, 0.1) is 10.6 Å². The minimum atomic E-state index is -3.82. The molecule has 8 heteroatoms. The second kappa shape index (κ2) is 9.23. The predicted molar refractivity (Wildman–Crippen MR) is 124 cm³/mol. The number of sulfonamides is 1. The lowest BCUT2D eigenvalue weighted by Crippen LogP contribution is -2.41. The van der Waals surface area contributed by atoms with Gasteiger partial charge < -0.3 is 0 Å². The highest BCUT2D eigenvalue weighted by molar-refractivity contribution is 7.92. The Balaban J connectivity index is 1.67. The molecule has 0 unspecified atom stereocenters. The van der Waals surface area contributed by atoms with E-state index in [1.807, 2.05) is 45.9 Å². The fourth-order valence-electron chi connectivity index (χ4n) is 3.17. The third-order valence-corrected chi connectivity index (χ3v) is 6.57. The van der Waals surface area contributed by atoms with Crippen LogP contribution >= 0.6 is 0 Å². The lowest BCUT2D eigenvalue weighted by atomic mass is 10.1. The molecule has 0 aliphatic rings. The van der Waals surface area contributed by atoms with E-state index in [4.69, 9.17) is 0 Å². The monoisotopic (exact) mass is 451 g/mol. The van der Waals surface area contributed by atoms with Gasteiger partial charge >= 0.3 is 0 Å². The molecule has 7 nitrogen and oxygen atoms in total. The molecule has 3 aromatic rings. The summed E-state index contributed by atoms with van der Waals surface area (Å²) in [7, 11) is -3.82. The largest absolute Gasteiger partial charge is 0.279 e. The number of aryl methyl sites for hydroxylation is 3. The van der Waals surface area contributed by atoms with Crippen molar-refractivity contribution < 1.29 is 18.0 Å². The van der Waals surface area contributed by atoms with Gasteiger partial charge in [0.2, 0.25) is 0 Å². The quantitative estimate of drug-likeness (QED) is 0.513. The Labute approximate surface area is 187 Å². The summed E-state index contributed by atoms with van der Waals surface area (Å²) in [5.74, 6) is -0.998. The average Bonchev–Trinajstić information content (AvgIpc) is 2.75. The van der Waals surface area contributed by atoms with Crippen LogP contribution in [-0.4, -0.2) is 20.2 Å². The normalized spacial score (nSPS) is 11.0. The average molecular weight is 452 g/mol. The fraction of sp³-hybridized carbons (Fsp3) is 0.167. The standard InChI is InChI=1S/C24H25N3O4S/c1-15-8-13-21(17(3)14-15)24(29)26-25-23(28)19-9-11-20(12-10-19)32(30,31)27-22-7-5-6-16(2)18(22)4/h5-14,27H,1-4H3,(H,25,28)(H,26,29). The Morgan fingerprint density at radius 2 is 1.41 bits per heavy atom. The highest BCUT2D eigenvalue weighted by Crippen LogP contribution is 2.22. The molecule has 32 heavy (non-hydrogen) atoms. The predicted octanol–water partition coefficient (Wildman–Crippen LogP) is 3.80. The zero-order valence-electron chi connectivity index (χ0n) is 18.3. The molecule has 2 amide bonds. The molecule has 0 heterocycles. The van der Waals surface area contributed by atoms with Crippen molar-refractivity contribution in [2.45, 2.75) is 32.6 Å². The first-order valence-corrected chi connectivity index (χ1v) is 11.4. The van der Waals surface area contributed by atoms with Gasteiger partial charge in [-0.15, -0.1) is 0 Å². The summed E-state index contributed by atoms with van der Waals surface area (Å²) in [6.45, 7) is 7.49. The van der Waals surface area contributed by atoms with Crippen molar-refractivity contribution >= 4 is 27.5 Å². The third kappa shape index (κ3) is 5.15. The number of anilines is 1. The minimum Gasteiger partial charge on any atom is -0.279 e. The van der Waals surface area contributed by atoms with Gasteiger partial charge in [-0.3, -0.25) is 25.2 Å². The summed E-state index contributed by atoms with van der Waals surface area (Å²) in [4.78, 5) is 24.7. The van der Waals surface area contributed by atoms with Crippen LogP contribution < -0.4 is 15.6 Å². The van der Waals surface area contributed by atoms with Crippen LogP contribution in [-0.2, 0) is 10.0 Å². The van der Waals surface area contributed by atoms with E-state index in [0.29, 0.717) is 11.3 Å². The number of hydrogen-bond donors (Lipinski definition) is 3. The SMILES string of the molecule is Cc1ccc(C(=O)NNC(=O)c2ccc(S(=O)(=O)Nc3cccc(C)c3C)cc2)c(C)c1. The first-order chi connectivity index (χ1) is 15.1. The van der Waals surface area contributed by atoms with Crippen LogP contribution in [0.25, 0.3) is 0 Å². The smallest absolute Gasteiger partial charge is 0.269 e. The van der Waals surface area contributed by atoms with Crippen LogP contribution in [0.4, 0.5) is 5.69 Å². The highest BCUT2D eigenvalue weighted by atomic mass is 32.2. The van der Waals surface area contributed by atoms with Crippen molar-refractivity contribution in [1.82, 2.24) is 10.9 Å². The number of amides is 2. The van der Waals surface area contributed by atoms with E-state index < -0.39 is 21.8 Å². The van der Waals surface area contributed by atoms with Crippen LogP contribution in [0.2, 0.25) is 0 Å². The van der Waals surface area contributed by atoms with Gasteiger partial charge in [0.25, 0.3) is 21.8 Å². The topological polar surface area (TPSA) is 104 Å². The summed E-state index contributed by atoms with van der Waals surface area (Å²) in [5, 5.41) is 0. The molecule has 166 valence electrons. The van der Waals surface area contributed by atoms with Gasteiger partial charge in [0.1, 0.15) is 0 Å². The molecule has 0 saturated heterocycles. The number of carbonyl (C=O) groups is 2. The van der Waals surface area contributed by atoms with Crippen LogP contribution in [0, 0.1) is 27.7 Å². The van der Waals surface area contributed by atoms with Gasteiger partial charge in [0.15, 0.2) is 0 Å². The molecule has 0 bridgehead atoms. The van der Waals surface area contributed by atoms with Crippen LogP contribution in [0.3, 0.4) is 0 Å². The van der Waals surface area contributed by atoms with Crippen LogP contribution in [0.1, 0.15) is 43.0 Å². The molecule has 0 aliphatic carbocycles. The van der Waals surface area contributed by atoms with E-state index in [-0.39, 0.29) is 10.5 Å². The number of nitrogens with one attached hydrogen (secondary N) is 3. The summed E-state index contributed by atoms with van der Waals surface area (Å²) < 4.78 is 28.0. The number of hydrazine groups is 1. The zero-order chi connectivity index (χ0) is 23.5. The van der Waals surface area contributed by atoms with Crippen LogP contribution in [0.5, 0.6) is 0 Å². The summed E-state index contributed by atoms with van der Waals surface area (Å²) in [5.41, 5.74) is 9.52. The maximum Gasteiger partial charge on any atom is 0.269 e. The third-order valence-electron chi connectivity index (χ3n) is 5.19. The molecular weight excluding hydrogens is 426 g/mol. The lowest BCUT2D eigenvalue weighted by Gasteiger charge is -2.13.